The zero-order valence-corrected chi connectivity index (χ0v) is 11.8. The van der Waals surface area contributed by atoms with Gasteiger partial charge in [-0.05, 0) is 17.7 Å². The van der Waals surface area contributed by atoms with Crippen LogP contribution in [-0.4, -0.2) is 18.2 Å². The highest BCUT2D eigenvalue weighted by Gasteiger charge is 1.98. The third kappa shape index (κ3) is 4.72. The maximum atomic E-state index is 5.82. The number of nitrogens with zero attached hydrogens (tertiary/aromatic N) is 1. The van der Waals surface area contributed by atoms with Gasteiger partial charge in [-0.3, -0.25) is 4.98 Å². The smallest absolute Gasteiger partial charge is 0.139 e. The predicted molar refractivity (Wildman–Crippen MR) is 79.2 cm³/mol. The number of pyridine rings is 1. The van der Waals surface area contributed by atoms with Gasteiger partial charge in [-0.2, -0.15) is 0 Å². The number of nitrogens with two attached hydrogens (primary N) is 1. The molecule has 0 bridgehead atoms. The minimum atomic E-state index is 0.516. The molecule has 20 heavy (non-hydrogen) atoms. The Morgan fingerprint density at radius 2 is 1.85 bits per heavy atom. The van der Waals surface area contributed by atoms with Crippen molar-refractivity contribution in [2.24, 2.45) is 5.73 Å². The van der Waals surface area contributed by atoms with Gasteiger partial charge in [-0.15, -0.1) is 0 Å². The fraction of sp³-hybridized carbons (Fsp3) is 0.267. The van der Waals surface area contributed by atoms with Crippen molar-refractivity contribution in [3.8, 4) is 11.5 Å². The second kappa shape index (κ2) is 7.72. The molecule has 1 aromatic carbocycles. The lowest BCUT2D eigenvalue weighted by molar-refractivity contribution is 0.247. The van der Waals surface area contributed by atoms with Crippen molar-refractivity contribution < 1.29 is 9.47 Å². The molecule has 0 saturated heterocycles. The monoisotopic (exact) mass is 292 g/mol. The summed E-state index contributed by atoms with van der Waals surface area (Å²) in [6, 6.07) is 9.51. The Morgan fingerprint density at radius 1 is 1.05 bits per heavy atom. The van der Waals surface area contributed by atoms with E-state index < -0.39 is 0 Å². The molecule has 0 saturated carbocycles. The average molecular weight is 293 g/mol. The van der Waals surface area contributed by atoms with Crippen LogP contribution in [0.25, 0.3) is 0 Å². The van der Waals surface area contributed by atoms with Gasteiger partial charge < -0.3 is 15.2 Å². The number of ether oxygens (including phenoxy) is 2. The van der Waals surface area contributed by atoms with Gasteiger partial charge in [0.05, 0.1) is 24.4 Å². The molecule has 0 fully saturated rings. The minimum absolute atomic E-state index is 0.516. The fourth-order valence-electron chi connectivity index (χ4n) is 1.67. The second-order valence-corrected chi connectivity index (χ2v) is 4.68. The van der Waals surface area contributed by atoms with Crippen molar-refractivity contribution in [1.29, 1.82) is 0 Å². The van der Waals surface area contributed by atoms with Crippen molar-refractivity contribution in [3.05, 3.63) is 53.3 Å². The number of hydrogen-bond acceptors (Lipinski definition) is 4. The van der Waals surface area contributed by atoms with Crippen LogP contribution in [0.3, 0.4) is 0 Å². The molecule has 2 rings (SSSR count). The molecule has 0 aliphatic heterocycles. The maximum Gasteiger partial charge on any atom is 0.139 e. The van der Waals surface area contributed by atoms with Crippen LogP contribution >= 0.6 is 11.6 Å². The summed E-state index contributed by atoms with van der Waals surface area (Å²) < 4.78 is 11.2. The van der Waals surface area contributed by atoms with Crippen molar-refractivity contribution in [1.82, 2.24) is 4.98 Å². The Morgan fingerprint density at radius 3 is 2.60 bits per heavy atom. The molecule has 5 heteroatoms. The van der Waals surface area contributed by atoms with Crippen LogP contribution < -0.4 is 15.2 Å². The lowest BCUT2D eigenvalue weighted by atomic mass is 10.2. The number of benzene rings is 1. The molecule has 0 aliphatic rings. The molecule has 106 valence electrons. The van der Waals surface area contributed by atoms with Crippen LogP contribution in [-0.2, 0) is 6.54 Å². The highest BCUT2D eigenvalue weighted by Crippen LogP contribution is 2.16. The van der Waals surface area contributed by atoms with E-state index in [1.54, 1.807) is 18.5 Å². The molecule has 0 amide bonds. The Bertz CT molecular complexity index is 549. The molecular formula is C15H17ClN2O2. The van der Waals surface area contributed by atoms with Gasteiger partial charge in [0.1, 0.15) is 11.5 Å². The molecule has 0 aliphatic carbocycles. The molecule has 1 heterocycles. The topological polar surface area (TPSA) is 57.4 Å². The molecule has 1 aromatic heterocycles. The summed E-state index contributed by atoms with van der Waals surface area (Å²) in [5.74, 6) is 1.50. The van der Waals surface area contributed by atoms with E-state index in [0.29, 0.717) is 30.5 Å². The Kier molecular flexibility index (Phi) is 5.65. The molecule has 2 aromatic rings. The van der Waals surface area contributed by atoms with Gasteiger partial charge in [0.25, 0.3) is 0 Å². The molecule has 0 unspecified atom stereocenters. The van der Waals surface area contributed by atoms with E-state index in [0.717, 1.165) is 17.7 Å². The van der Waals surface area contributed by atoms with E-state index in [4.69, 9.17) is 26.8 Å². The molecule has 0 atom stereocenters. The van der Waals surface area contributed by atoms with E-state index in [1.807, 2.05) is 24.3 Å². The summed E-state index contributed by atoms with van der Waals surface area (Å²) in [5, 5.41) is 0.567. The zero-order valence-electron chi connectivity index (χ0n) is 11.1. The standard InChI is InChI=1S/C15H17ClN2O2/c16-13-8-15(11-18-10-13)20-6-2-5-19-14-4-1-3-12(7-14)9-17/h1,3-4,7-8,10-11H,2,5-6,9,17H2. The van der Waals surface area contributed by atoms with Crippen LogP contribution in [0.2, 0.25) is 5.02 Å². The third-order valence-electron chi connectivity index (χ3n) is 2.64. The highest BCUT2D eigenvalue weighted by molar-refractivity contribution is 6.30. The van der Waals surface area contributed by atoms with Crippen LogP contribution in [0.15, 0.2) is 42.7 Å². The third-order valence-corrected chi connectivity index (χ3v) is 2.85. The van der Waals surface area contributed by atoms with E-state index in [-0.39, 0.29) is 0 Å². The quantitative estimate of drug-likeness (QED) is 0.797. The summed E-state index contributed by atoms with van der Waals surface area (Å²) >= 11 is 5.82. The van der Waals surface area contributed by atoms with Crippen LogP contribution in [0.4, 0.5) is 0 Å². The Labute approximate surface area is 123 Å². The van der Waals surface area contributed by atoms with Gasteiger partial charge in [-0.25, -0.2) is 0 Å². The normalized spacial score (nSPS) is 10.3. The van der Waals surface area contributed by atoms with Crippen LogP contribution in [0.5, 0.6) is 11.5 Å². The van der Waals surface area contributed by atoms with Crippen molar-refractivity contribution in [2.75, 3.05) is 13.2 Å². The van der Waals surface area contributed by atoms with Gasteiger partial charge in [0, 0.05) is 25.2 Å². The van der Waals surface area contributed by atoms with E-state index in [1.165, 1.54) is 0 Å². The van der Waals surface area contributed by atoms with Crippen LogP contribution in [0.1, 0.15) is 12.0 Å². The molecule has 2 N–H and O–H groups in total. The van der Waals surface area contributed by atoms with Crippen LogP contribution in [0, 0.1) is 0 Å². The summed E-state index contributed by atoms with van der Waals surface area (Å²) in [6.45, 7) is 1.66. The van der Waals surface area contributed by atoms with Crippen molar-refractivity contribution >= 4 is 11.6 Å². The SMILES string of the molecule is NCc1cccc(OCCCOc2cncc(Cl)c2)c1. The van der Waals surface area contributed by atoms with Crippen molar-refractivity contribution in [2.45, 2.75) is 13.0 Å². The first-order chi connectivity index (χ1) is 9.78. The molecule has 0 spiro atoms. The summed E-state index contributed by atoms with van der Waals surface area (Å²) in [7, 11) is 0. The van der Waals surface area contributed by atoms with Crippen molar-refractivity contribution in [3.63, 3.8) is 0 Å². The first-order valence-corrected chi connectivity index (χ1v) is 6.81. The first kappa shape index (κ1) is 14.6. The molecule has 4 nitrogen and oxygen atoms in total. The first-order valence-electron chi connectivity index (χ1n) is 6.43. The van der Waals surface area contributed by atoms with E-state index >= 15 is 0 Å². The van der Waals surface area contributed by atoms with Gasteiger partial charge in [0.15, 0.2) is 0 Å². The molecule has 0 radical (unpaired) electrons. The predicted octanol–water partition coefficient (Wildman–Crippen LogP) is 3.04. The summed E-state index contributed by atoms with van der Waals surface area (Å²) in [4.78, 5) is 3.95. The number of rotatable bonds is 7. The second-order valence-electron chi connectivity index (χ2n) is 4.24. The van der Waals surface area contributed by atoms with E-state index in [2.05, 4.69) is 4.98 Å². The largest absolute Gasteiger partial charge is 0.493 e. The lowest BCUT2D eigenvalue weighted by Crippen LogP contribution is -2.05. The number of halogens is 1. The van der Waals surface area contributed by atoms with E-state index in [9.17, 15) is 0 Å². The average Bonchev–Trinajstić information content (AvgIpc) is 2.47. The highest BCUT2D eigenvalue weighted by atomic mass is 35.5. The minimum Gasteiger partial charge on any atom is -0.493 e. The Hall–Kier alpha value is -1.78. The van der Waals surface area contributed by atoms with Gasteiger partial charge in [0.2, 0.25) is 0 Å². The fourth-order valence-corrected chi connectivity index (χ4v) is 1.84. The summed E-state index contributed by atoms with van der Waals surface area (Å²) in [6.07, 6.45) is 3.98. The zero-order chi connectivity index (χ0) is 14.2. The summed E-state index contributed by atoms with van der Waals surface area (Å²) in [5.41, 5.74) is 6.64. The van der Waals surface area contributed by atoms with Gasteiger partial charge >= 0.3 is 0 Å². The maximum absolute atomic E-state index is 5.82. The van der Waals surface area contributed by atoms with Gasteiger partial charge in [-0.1, -0.05) is 23.7 Å². The number of aromatic nitrogens is 1. The lowest BCUT2D eigenvalue weighted by Gasteiger charge is -2.08. The number of hydrogen-bond donors (Lipinski definition) is 1. The molecular weight excluding hydrogens is 276 g/mol. The Balaban J connectivity index is 1.68.